The molecule has 1 aromatic carbocycles. The summed E-state index contributed by atoms with van der Waals surface area (Å²) in [6.07, 6.45) is 3.48. The van der Waals surface area contributed by atoms with Gasteiger partial charge in [-0.15, -0.1) is 0 Å². The number of nitrogens with zero attached hydrogens (tertiary/aromatic N) is 2. The van der Waals surface area contributed by atoms with E-state index in [0.717, 1.165) is 11.1 Å². The molecule has 6 heteroatoms. The van der Waals surface area contributed by atoms with Gasteiger partial charge in [-0.05, 0) is 35.4 Å². The number of nitrogens with one attached hydrogen (secondary N) is 1. The Balaban J connectivity index is 1.64. The molecule has 3 rings (SSSR count). The lowest BCUT2D eigenvalue weighted by atomic mass is 9.72. The molecule has 1 atom stereocenters. The van der Waals surface area contributed by atoms with Crippen LogP contribution in [0.3, 0.4) is 0 Å². The molecule has 1 unspecified atom stereocenters. The summed E-state index contributed by atoms with van der Waals surface area (Å²) in [6, 6.07) is 10.3. The number of rotatable bonds is 4. The first-order chi connectivity index (χ1) is 11.9. The van der Waals surface area contributed by atoms with Gasteiger partial charge in [-0.1, -0.05) is 26.0 Å². The fourth-order valence-corrected chi connectivity index (χ4v) is 3.34. The number of hydrogen-bond donors (Lipinski definition) is 2. The number of carboxylic acid groups (broad SMARTS) is 1. The molecular weight excluding hydrogens is 318 g/mol. The van der Waals surface area contributed by atoms with Crippen LogP contribution >= 0.6 is 0 Å². The maximum atomic E-state index is 12.6. The van der Waals surface area contributed by atoms with Crippen LogP contribution in [-0.2, 0) is 6.54 Å². The molecule has 2 N–H and O–H groups in total. The summed E-state index contributed by atoms with van der Waals surface area (Å²) in [5.74, 6) is -0.960. The molecule has 2 heterocycles. The summed E-state index contributed by atoms with van der Waals surface area (Å²) in [5, 5.41) is 11.8. The highest BCUT2D eigenvalue weighted by Crippen LogP contribution is 2.47. The number of carboxylic acids is 1. The standard InChI is InChI=1S/C19H21N3O3/c1-19(2)12-22(16(19)14-7-9-20-10-8-14)18(25)21-11-13-3-5-15(6-4-13)17(23)24/h3-10,16H,11-12H2,1-2H3,(H,21,25)(H,23,24). The summed E-state index contributed by atoms with van der Waals surface area (Å²) in [4.78, 5) is 29.3. The average molecular weight is 339 g/mol. The molecule has 1 aliphatic rings. The second kappa shape index (κ2) is 6.55. The largest absolute Gasteiger partial charge is 0.478 e. The minimum absolute atomic E-state index is 0.0157. The lowest BCUT2D eigenvalue weighted by molar-refractivity contribution is -0.0166. The van der Waals surface area contributed by atoms with Crippen molar-refractivity contribution in [2.75, 3.05) is 6.54 Å². The number of aromatic carboxylic acids is 1. The number of benzene rings is 1. The summed E-state index contributed by atoms with van der Waals surface area (Å²) >= 11 is 0. The Kier molecular flexibility index (Phi) is 4.44. The van der Waals surface area contributed by atoms with E-state index >= 15 is 0 Å². The van der Waals surface area contributed by atoms with Gasteiger partial charge in [0.25, 0.3) is 0 Å². The fraction of sp³-hybridized carbons (Fsp3) is 0.316. The summed E-state index contributed by atoms with van der Waals surface area (Å²) < 4.78 is 0. The Morgan fingerprint density at radius 2 is 1.84 bits per heavy atom. The van der Waals surface area contributed by atoms with Gasteiger partial charge in [0, 0.05) is 30.9 Å². The first kappa shape index (κ1) is 17.0. The van der Waals surface area contributed by atoms with E-state index in [2.05, 4.69) is 24.1 Å². The maximum Gasteiger partial charge on any atom is 0.335 e. The monoisotopic (exact) mass is 339 g/mol. The van der Waals surface area contributed by atoms with Gasteiger partial charge < -0.3 is 15.3 Å². The van der Waals surface area contributed by atoms with Gasteiger partial charge >= 0.3 is 12.0 Å². The van der Waals surface area contributed by atoms with Gasteiger partial charge in [0.2, 0.25) is 0 Å². The van der Waals surface area contributed by atoms with Gasteiger partial charge in [-0.25, -0.2) is 9.59 Å². The van der Waals surface area contributed by atoms with E-state index in [1.54, 1.807) is 24.5 Å². The van der Waals surface area contributed by atoms with Crippen molar-refractivity contribution in [2.24, 2.45) is 5.41 Å². The van der Waals surface area contributed by atoms with Crippen molar-refractivity contribution < 1.29 is 14.7 Å². The van der Waals surface area contributed by atoms with Gasteiger partial charge in [0.1, 0.15) is 0 Å². The Bertz CT molecular complexity index is 772. The third-order valence-electron chi connectivity index (χ3n) is 4.56. The molecule has 1 aliphatic heterocycles. The van der Waals surface area contributed by atoms with E-state index in [1.165, 1.54) is 12.1 Å². The minimum Gasteiger partial charge on any atom is -0.478 e. The van der Waals surface area contributed by atoms with Crippen molar-refractivity contribution >= 4 is 12.0 Å². The van der Waals surface area contributed by atoms with Crippen molar-refractivity contribution in [3.63, 3.8) is 0 Å². The minimum atomic E-state index is -0.960. The second-order valence-electron chi connectivity index (χ2n) is 6.96. The number of carbonyl (C=O) groups excluding carboxylic acids is 1. The lowest BCUT2D eigenvalue weighted by Gasteiger charge is -2.54. The highest BCUT2D eigenvalue weighted by atomic mass is 16.4. The highest BCUT2D eigenvalue weighted by Gasteiger charge is 2.48. The molecule has 25 heavy (non-hydrogen) atoms. The molecule has 1 saturated heterocycles. The van der Waals surface area contributed by atoms with Crippen LogP contribution in [0.2, 0.25) is 0 Å². The number of hydrogen-bond acceptors (Lipinski definition) is 3. The predicted molar refractivity (Wildman–Crippen MR) is 93.1 cm³/mol. The summed E-state index contributed by atoms with van der Waals surface area (Å²) in [6.45, 7) is 5.33. The fourth-order valence-electron chi connectivity index (χ4n) is 3.34. The molecular formula is C19H21N3O3. The number of aromatic nitrogens is 1. The molecule has 6 nitrogen and oxygen atoms in total. The second-order valence-corrected chi connectivity index (χ2v) is 6.96. The highest BCUT2D eigenvalue weighted by molar-refractivity contribution is 5.87. The molecule has 1 fully saturated rings. The number of likely N-dealkylation sites (tertiary alicyclic amines) is 1. The number of urea groups is 1. The smallest absolute Gasteiger partial charge is 0.335 e. The van der Waals surface area contributed by atoms with E-state index in [1.807, 2.05) is 17.0 Å². The van der Waals surface area contributed by atoms with Crippen LogP contribution in [0, 0.1) is 5.41 Å². The molecule has 0 aliphatic carbocycles. The van der Waals surface area contributed by atoms with Crippen molar-refractivity contribution in [1.29, 1.82) is 0 Å². The van der Waals surface area contributed by atoms with E-state index in [0.29, 0.717) is 13.1 Å². The zero-order valence-electron chi connectivity index (χ0n) is 14.3. The van der Waals surface area contributed by atoms with Gasteiger partial charge in [-0.3, -0.25) is 4.98 Å². The normalized spacial score (nSPS) is 18.3. The topological polar surface area (TPSA) is 82.5 Å². The lowest BCUT2D eigenvalue weighted by Crippen LogP contribution is -2.60. The van der Waals surface area contributed by atoms with E-state index in [-0.39, 0.29) is 23.1 Å². The van der Waals surface area contributed by atoms with E-state index < -0.39 is 5.97 Å². The molecule has 2 amide bonds. The molecule has 0 spiro atoms. The Hall–Kier alpha value is -2.89. The molecule has 0 bridgehead atoms. The number of amides is 2. The van der Waals surface area contributed by atoms with Crippen LogP contribution in [0.1, 0.15) is 41.4 Å². The SMILES string of the molecule is CC1(C)CN(C(=O)NCc2ccc(C(=O)O)cc2)C1c1ccncc1. The number of pyridine rings is 1. The van der Waals surface area contributed by atoms with Gasteiger partial charge in [0.05, 0.1) is 11.6 Å². The first-order valence-electron chi connectivity index (χ1n) is 8.15. The molecule has 0 saturated carbocycles. The van der Waals surface area contributed by atoms with E-state index in [9.17, 15) is 9.59 Å². The summed E-state index contributed by atoms with van der Waals surface area (Å²) in [7, 11) is 0. The Morgan fingerprint density at radius 1 is 1.20 bits per heavy atom. The molecule has 1 aromatic heterocycles. The van der Waals surface area contributed by atoms with Crippen LogP contribution in [0.25, 0.3) is 0 Å². The quantitative estimate of drug-likeness (QED) is 0.897. The van der Waals surface area contributed by atoms with Crippen LogP contribution < -0.4 is 5.32 Å². The van der Waals surface area contributed by atoms with Crippen LogP contribution in [0.4, 0.5) is 4.79 Å². The number of carbonyl (C=O) groups is 2. The van der Waals surface area contributed by atoms with Crippen molar-refractivity contribution in [2.45, 2.75) is 26.4 Å². The Morgan fingerprint density at radius 3 is 2.40 bits per heavy atom. The van der Waals surface area contributed by atoms with Crippen molar-refractivity contribution in [3.8, 4) is 0 Å². The third-order valence-corrected chi connectivity index (χ3v) is 4.56. The third kappa shape index (κ3) is 3.47. The predicted octanol–water partition coefficient (Wildman–Crippen LogP) is 3.07. The van der Waals surface area contributed by atoms with Gasteiger partial charge in [0.15, 0.2) is 0 Å². The molecule has 0 radical (unpaired) electrons. The zero-order valence-corrected chi connectivity index (χ0v) is 14.3. The van der Waals surface area contributed by atoms with Gasteiger partial charge in [-0.2, -0.15) is 0 Å². The van der Waals surface area contributed by atoms with Crippen molar-refractivity contribution in [1.82, 2.24) is 15.2 Å². The van der Waals surface area contributed by atoms with E-state index in [4.69, 9.17) is 5.11 Å². The Labute approximate surface area is 146 Å². The maximum absolute atomic E-state index is 12.6. The average Bonchev–Trinajstić information content (AvgIpc) is 2.59. The van der Waals surface area contributed by atoms with Crippen LogP contribution in [-0.4, -0.2) is 33.5 Å². The van der Waals surface area contributed by atoms with Crippen LogP contribution in [0.15, 0.2) is 48.8 Å². The van der Waals surface area contributed by atoms with Crippen LogP contribution in [0.5, 0.6) is 0 Å². The molecule has 2 aromatic rings. The van der Waals surface area contributed by atoms with Crippen molar-refractivity contribution in [3.05, 3.63) is 65.5 Å². The molecule has 130 valence electrons. The first-order valence-corrected chi connectivity index (χ1v) is 8.15. The zero-order chi connectivity index (χ0) is 18.0. The summed E-state index contributed by atoms with van der Waals surface area (Å²) in [5.41, 5.74) is 2.19.